The van der Waals surface area contributed by atoms with E-state index >= 15 is 0 Å². The van der Waals surface area contributed by atoms with Crippen molar-refractivity contribution in [2.45, 2.75) is 31.2 Å². The van der Waals surface area contributed by atoms with E-state index in [0.29, 0.717) is 23.4 Å². The number of halogens is 3. The molecule has 1 aromatic carbocycles. The van der Waals surface area contributed by atoms with Gasteiger partial charge in [0, 0.05) is 12.8 Å². The number of anilines is 3. The van der Waals surface area contributed by atoms with Gasteiger partial charge in [0.1, 0.15) is 5.69 Å². The largest absolute Gasteiger partial charge is 0.416 e. The van der Waals surface area contributed by atoms with Crippen LogP contribution in [0.25, 0.3) is 0 Å². The van der Waals surface area contributed by atoms with Crippen molar-refractivity contribution in [3.63, 3.8) is 0 Å². The summed E-state index contributed by atoms with van der Waals surface area (Å²) in [6, 6.07) is 4.52. The first-order valence-corrected chi connectivity index (χ1v) is 9.76. The van der Waals surface area contributed by atoms with Crippen LogP contribution in [-0.2, 0) is 28.2 Å². The van der Waals surface area contributed by atoms with Gasteiger partial charge in [-0.05, 0) is 34.8 Å². The first kappa shape index (κ1) is 21.6. The van der Waals surface area contributed by atoms with Gasteiger partial charge in [-0.3, -0.25) is 14.5 Å². The molecule has 1 heterocycles. The van der Waals surface area contributed by atoms with Gasteiger partial charge in [-0.1, -0.05) is 19.1 Å². The Morgan fingerprint density at radius 1 is 1.29 bits per heavy atom. The van der Waals surface area contributed by atoms with E-state index in [4.69, 9.17) is 10.5 Å². The second kappa shape index (κ2) is 9.00. The maximum atomic E-state index is 12.7. The van der Waals surface area contributed by atoms with Crippen LogP contribution in [0.2, 0.25) is 0 Å². The highest BCUT2D eigenvalue weighted by Gasteiger charge is 2.30. The molecule has 0 saturated carbocycles. The van der Waals surface area contributed by atoms with Gasteiger partial charge in [-0.2, -0.15) is 13.2 Å². The summed E-state index contributed by atoms with van der Waals surface area (Å²) in [7, 11) is 0.599. The SMILES string of the molecule is CCCS(=N)c1nc(N)c(NC)c(N(C=O)Cc2ccc(C(F)(F)F)cc2)n1. The molecule has 28 heavy (non-hydrogen) atoms. The molecule has 1 atom stereocenters. The Labute approximate surface area is 163 Å². The number of alkyl halides is 3. The molecule has 7 nitrogen and oxygen atoms in total. The second-order valence-corrected chi connectivity index (χ2v) is 7.42. The van der Waals surface area contributed by atoms with E-state index in [1.165, 1.54) is 17.0 Å². The maximum Gasteiger partial charge on any atom is 0.416 e. The van der Waals surface area contributed by atoms with E-state index in [1.807, 2.05) is 6.92 Å². The van der Waals surface area contributed by atoms with Crippen LogP contribution in [0.5, 0.6) is 0 Å². The molecule has 0 aliphatic carbocycles. The van der Waals surface area contributed by atoms with Gasteiger partial charge < -0.3 is 11.1 Å². The molecule has 4 N–H and O–H groups in total. The normalized spacial score (nSPS) is 12.5. The number of hydrogen-bond acceptors (Lipinski definition) is 6. The summed E-state index contributed by atoms with van der Waals surface area (Å²) in [5.74, 6) is 0.834. The van der Waals surface area contributed by atoms with E-state index in [-0.39, 0.29) is 23.3 Å². The van der Waals surface area contributed by atoms with E-state index < -0.39 is 22.4 Å². The number of nitrogens with one attached hydrogen (secondary N) is 2. The van der Waals surface area contributed by atoms with Crippen LogP contribution in [0, 0.1) is 4.78 Å². The highest BCUT2D eigenvalue weighted by Crippen LogP contribution is 2.31. The zero-order valence-electron chi connectivity index (χ0n) is 15.4. The van der Waals surface area contributed by atoms with Crippen molar-refractivity contribution in [2.75, 3.05) is 28.8 Å². The third-order valence-corrected chi connectivity index (χ3v) is 5.25. The van der Waals surface area contributed by atoms with Gasteiger partial charge in [0.15, 0.2) is 11.6 Å². The van der Waals surface area contributed by atoms with Gasteiger partial charge in [0.25, 0.3) is 0 Å². The molecular formula is C17H21F3N6OS. The second-order valence-electron chi connectivity index (χ2n) is 5.86. The van der Waals surface area contributed by atoms with E-state index in [9.17, 15) is 18.0 Å². The summed E-state index contributed by atoms with van der Waals surface area (Å²) in [5, 5.41) is 3.05. The monoisotopic (exact) mass is 414 g/mol. The predicted octanol–water partition coefficient (Wildman–Crippen LogP) is 3.43. The molecule has 0 radical (unpaired) electrons. The van der Waals surface area contributed by atoms with Crippen LogP contribution in [0.3, 0.4) is 0 Å². The molecule has 2 rings (SSSR count). The third kappa shape index (κ3) is 4.97. The van der Waals surface area contributed by atoms with Gasteiger partial charge in [-0.25, -0.2) is 9.97 Å². The number of benzene rings is 1. The number of carbonyl (C=O) groups is 1. The first-order chi connectivity index (χ1) is 13.2. The molecule has 11 heteroatoms. The van der Waals surface area contributed by atoms with E-state index in [2.05, 4.69) is 15.3 Å². The average Bonchev–Trinajstić information content (AvgIpc) is 2.65. The van der Waals surface area contributed by atoms with Crippen molar-refractivity contribution in [1.82, 2.24) is 9.97 Å². The average molecular weight is 414 g/mol. The zero-order chi connectivity index (χ0) is 20.9. The standard InChI is InChI=1S/C17H21F3N6OS/c1-3-8-28(22)16-24-14(21)13(23-2)15(25-16)26(10-27)9-11-4-6-12(7-5-11)17(18,19)20/h4-7,10,22-23H,3,8-9H2,1-2H3,(H2,21,24,25). The van der Waals surface area contributed by atoms with Crippen molar-refractivity contribution in [1.29, 1.82) is 4.78 Å². The minimum absolute atomic E-state index is 0.00817. The lowest BCUT2D eigenvalue weighted by atomic mass is 10.1. The molecule has 2 aromatic rings. The lowest BCUT2D eigenvalue weighted by Crippen LogP contribution is -2.24. The summed E-state index contributed by atoms with van der Waals surface area (Å²) in [6.07, 6.45) is -3.14. The summed E-state index contributed by atoms with van der Waals surface area (Å²) in [6.45, 7) is 1.93. The Bertz CT molecular complexity index is 857. The zero-order valence-corrected chi connectivity index (χ0v) is 16.2. The summed E-state index contributed by atoms with van der Waals surface area (Å²) in [5.41, 5.74) is 5.99. The topological polar surface area (TPSA) is 108 Å². The number of nitrogens with zero attached hydrogens (tertiary/aromatic N) is 3. The van der Waals surface area contributed by atoms with Crippen LogP contribution in [0.15, 0.2) is 29.4 Å². The molecule has 152 valence electrons. The smallest absolute Gasteiger partial charge is 0.382 e. The molecule has 0 fully saturated rings. The maximum absolute atomic E-state index is 12.7. The summed E-state index contributed by atoms with van der Waals surface area (Å²) in [4.78, 5) is 21.4. The Hall–Kier alpha value is -2.69. The fourth-order valence-corrected chi connectivity index (χ4v) is 3.45. The fourth-order valence-electron chi connectivity index (χ4n) is 2.46. The molecule has 0 aliphatic heterocycles. The van der Waals surface area contributed by atoms with Crippen LogP contribution < -0.4 is 16.0 Å². The quantitative estimate of drug-likeness (QED) is 0.453. The number of amides is 1. The Morgan fingerprint density at radius 2 is 1.93 bits per heavy atom. The number of aromatic nitrogens is 2. The van der Waals surface area contributed by atoms with Crippen LogP contribution >= 0.6 is 0 Å². The van der Waals surface area contributed by atoms with E-state index in [1.54, 1.807) is 7.05 Å². The Balaban J connectivity index is 2.39. The van der Waals surface area contributed by atoms with Crippen LogP contribution in [0.1, 0.15) is 24.5 Å². The van der Waals surface area contributed by atoms with Gasteiger partial charge >= 0.3 is 6.18 Å². The minimum Gasteiger partial charge on any atom is -0.382 e. The van der Waals surface area contributed by atoms with Crippen LogP contribution in [0.4, 0.5) is 30.5 Å². The number of rotatable bonds is 8. The molecule has 0 aliphatic rings. The van der Waals surface area contributed by atoms with Crippen molar-refractivity contribution in [2.24, 2.45) is 0 Å². The molecule has 1 amide bonds. The highest BCUT2D eigenvalue weighted by molar-refractivity contribution is 7.85. The lowest BCUT2D eigenvalue weighted by Gasteiger charge is -2.21. The van der Waals surface area contributed by atoms with E-state index in [0.717, 1.165) is 18.6 Å². The summed E-state index contributed by atoms with van der Waals surface area (Å²) >= 11 is 0. The lowest BCUT2D eigenvalue weighted by molar-refractivity contribution is -0.137. The Kier molecular flexibility index (Phi) is 6.95. The van der Waals surface area contributed by atoms with Crippen molar-refractivity contribution in [3.05, 3.63) is 35.4 Å². The third-order valence-electron chi connectivity index (χ3n) is 3.81. The first-order valence-electron chi connectivity index (χ1n) is 8.36. The number of hydrogen-bond donors (Lipinski definition) is 3. The van der Waals surface area contributed by atoms with Crippen LogP contribution in [-0.4, -0.2) is 29.2 Å². The number of nitrogens with two attached hydrogens (primary N) is 1. The minimum atomic E-state index is -4.43. The molecule has 0 spiro atoms. The molecule has 1 unspecified atom stereocenters. The van der Waals surface area contributed by atoms with Gasteiger partial charge in [-0.15, -0.1) is 0 Å². The van der Waals surface area contributed by atoms with Crippen molar-refractivity contribution < 1.29 is 18.0 Å². The van der Waals surface area contributed by atoms with Gasteiger partial charge in [0.05, 0.1) is 12.1 Å². The van der Waals surface area contributed by atoms with Crippen molar-refractivity contribution in [3.8, 4) is 0 Å². The number of nitrogen functional groups attached to an aromatic ring is 1. The van der Waals surface area contributed by atoms with Crippen molar-refractivity contribution >= 4 is 34.4 Å². The predicted molar refractivity (Wildman–Crippen MR) is 103 cm³/mol. The molecule has 0 bridgehead atoms. The molecule has 0 saturated heterocycles. The Morgan fingerprint density at radius 3 is 2.43 bits per heavy atom. The molecular weight excluding hydrogens is 393 g/mol. The summed E-state index contributed by atoms with van der Waals surface area (Å²) < 4.78 is 46.3. The molecule has 1 aromatic heterocycles. The highest BCUT2D eigenvalue weighted by atomic mass is 32.2. The van der Waals surface area contributed by atoms with Gasteiger partial charge in [0.2, 0.25) is 11.6 Å². The fraction of sp³-hybridized carbons (Fsp3) is 0.353. The number of carbonyl (C=O) groups excluding carboxylic acids is 1.